The molecular formula is C25H30N2O6. The Hall–Kier alpha value is -3.68. The van der Waals surface area contributed by atoms with Gasteiger partial charge in [-0.3, -0.25) is 14.4 Å². The lowest BCUT2D eigenvalue weighted by molar-refractivity contribution is -0.149. The maximum Gasteiger partial charge on any atom is 0.338 e. The Morgan fingerprint density at radius 1 is 0.848 bits per heavy atom. The molecule has 0 aliphatic carbocycles. The number of anilines is 1. The van der Waals surface area contributed by atoms with Gasteiger partial charge in [-0.2, -0.15) is 0 Å². The largest absolute Gasteiger partial charge is 0.462 e. The van der Waals surface area contributed by atoms with E-state index in [1.807, 2.05) is 51.1 Å². The summed E-state index contributed by atoms with van der Waals surface area (Å²) in [4.78, 5) is 48.0. The highest BCUT2D eigenvalue weighted by atomic mass is 16.5. The molecule has 2 aromatic rings. The van der Waals surface area contributed by atoms with Crippen LogP contribution < -0.4 is 10.6 Å². The van der Waals surface area contributed by atoms with E-state index in [1.54, 1.807) is 18.2 Å². The Balaban J connectivity index is 1.71. The van der Waals surface area contributed by atoms with Crippen LogP contribution in [0.5, 0.6) is 0 Å². The highest BCUT2D eigenvalue weighted by Crippen LogP contribution is 2.13. The average molecular weight is 455 g/mol. The molecule has 2 rings (SSSR count). The first-order valence-electron chi connectivity index (χ1n) is 10.8. The third-order valence-electron chi connectivity index (χ3n) is 4.53. The maximum absolute atomic E-state index is 12.1. The van der Waals surface area contributed by atoms with Crippen LogP contribution >= 0.6 is 0 Å². The molecule has 0 aliphatic heterocycles. The minimum atomic E-state index is -0.654. The number of carbonyl (C=O) groups excluding carboxylic acids is 4. The van der Waals surface area contributed by atoms with Gasteiger partial charge < -0.3 is 20.1 Å². The molecule has 0 unspecified atom stereocenters. The van der Waals surface area contributed by atoms with Gasteiger partial charge in [0.25, 0.3) is 5.91 Å². The summed E-state index contributed by atoms with van der Waals surface area (Å²) in [5.41, 5.74) is 1.68. The van der Waals surface area contributed by atoms with Gasteiger partial charge in [-0.05, 0) is 36.6 Å². The smallest absolute Gasteiger partial charge is 0.338 e. The molecule has 2 amide bonds. The predicted molar refractivity (Wildman–Crippen MR) is 123 cm³/mol. The Labute approximate surface area is 193 Å². The van der Waals surface area contributed by atoms with Crippen LogP contribution in [0.1, 0.15) is 55.6 Å². The summed E-state index contributed by atoms with van der Waals surface area (Å²) in [6.45, 7) is 5.59. The molecule has 0 heterocycles. The van der Waals surface area contributed by atoms with E-state index < -0.39 is 30.4 Å². The molecule has 33 heavy (non-hydrogen) atoms. The van der Waals surface area contributed by atoms with Gasteiger partial charge >= 0.3 is 11.9 Å². The average Bonchev–Trinajstić information content (AvgIpc) is 2.80. The molecule has 0 aromatic heterocycles. The second-order valence-electron chi connectivity index (χ2n) is 7.98. The fourth-order valence-electron chi connectivity index (χ4n) is 2.82. The van der Waals surface area contributed by atoms with Gasteiger partial charge in [0.1, 0.15) is 0 Å². The molecule has 0 aliphatic rings. The van der Waals surface area contributed by atoms with Gasteiger partial charge in [0.15, 0.2) is 6.61 Å². The first-order chi connectivity index (χ1) is 15.7. The van der Waals surface area contributed by atoms with Gasteiger partial charge in [-0.25, -0.2) is 4.79 Å². The van der Waals surface area contributed by atoms with Crippen LogP contribution in [0.3, 0.4) is 0 Å². The molecule has 1 atom stereocenters. The molecule has 0 spiro atoms. The third kappa shape index (κ3) is 9.55. The Morgan fingerprint density at radius 2 is 1.58 bits per heavy atom. The van der Waals surface area contributed by atoms with Crippen LogP contribution in [0.4, 0.5) is 5.69 Å². The van der Waals surface area contributed by atoms with Crippen molar-refractivity contribution in [1.29, 1.82) is 0 Å². The van der Waals surface area contributed by atoms with Crippen LogP contribution in [0.2, 0.25) is 0 Å². The summed E-state index contributed by atoms with van der Waals surface area (Å²) in [5.74, 6) is -1.75. The van der Waals surface area contributed by atoms with Gasteiger partial charge in [0.2, 0.25) is 5.91 Å². The quantitative estimate of drug-likeness (QED) is 0.502. The first kappa shape index (κ1) is 25.6. The minimum absolute atomic E-state index is 0.122. The molecule has 0 radical (unpaired) electrons. The molecule has 0 saturated heterocycles. The lowest BCUT2D eigenvalue weighted by Crippen LogP contribution is -2.31. The highest BCUT2D eigenvalue weighted by Gasteiger charge is 2.14. The summed E-state index contributed by atoms with van der Waals surface area (Å²) in [6, 6.07) is 15.6. The summed E-state index contributed by atoms with van der Waals surface area (Å²) < 4.78 is 10.1. The van der Waals surface area contributed by atoms with Crippen LogP contribution in [-0.2, 0) is 23.9 Å². The fraction of sp³-hybridized carbons (Fsp3) is 0.360. The third-order valence-corrected chi connectivity index (χ3v) is 4.53. The first-order valence-corrected chi connectivity index (χ1v) is 10.8. The molecule has 2 N–H and O–H groups in total. The van der Waals surface area contributed by atoms with Gasteiger partial charge in [0, 0.05) is 12.1 Å². The monoisotopic (exact) mass is 454 g/mol. The van der Waals surface area contributed by atoms with Crippen molar-refractivity contribution in [1.82, 2.24) is 5.32 Å². The van der Waals surface area contributed by atoms with E-state index in [-0.39, 0.29) is 24.8 Å². The van der Waals surface area contributed by atoms with Crippen LogP contribution in [0, 0.1) is 5.92 Å². The summed E-state index contributed by atoms with van der Waals surface area (Å²) in [5, 5.41) is 5.38. The Kier molecular flexibility index (Phi) is 10.1. The van der Waals surface area contributed by atoms with E-state index in [1.165, 1.54) is 6.07 Å². The van der Waals surface area contributed by atoms with Crippen molar-refractivity contribution in [3.8, 4) is 0 Å². The molecule has 8 heteroatoms. The van der Waals surface area contributed by atoms with E-state index in [4.69, 9.17) is 9.47 Å². The topological polar surface area (TPSA) is 111 Å². The molecular weight excluding hydrogens is 424 g/mol. The Morgan fingerprint density at radius 3 is 2.27 bits per heavy atom. The molecule has 8 nitrogen and oxygen atoms in total. The number of rotatable bonds is 11. The van der Waals surface area contributed by atoms with Crippen LogP contribution in [0.25, 0.3) is 0 Å². The van der Waals surface area contributed by atoms with Crippen molar-refractivity contribution in [2.24, 2.45) is 5.92 Å². The van der Waals surface area contributed by atoms with E-state index >= 15 is 0 Å². The van der Waals surface area contributed by atoms with Crippen LogP contribution in [0.15, 0.2) is 54.6 Å². The van der Waals surface area contributed by atoms with Gasteiger partial charge in [-0.1, -0.05) is 50.2 Å². The van der Waals surface area contributed by atoms with Crippen molar-refractivity contribution in [2.45, 2.75) is 39.7 Å². The van der Waals surface area contributed by atoms with E-state index in [0.717, 1.165) is 5.56 Å². The molecule has 2 aromatic carbocycles. The Bertz CT molecular complexity index is 958. The number of ether oxygens (including phenoxy) is 2. The van der Waals surface area contributed by atoms with Gasteiger partial charge in [-0.15, -0.1) is 0 Å². The number of carbonyl (C=O) groups is 4. The normalized spacial score (nSPS) is 11.4. The minimum Gasteiger partial charge on any atom is -0.462 e. The molecule has 0 fully saturated rings. The maximum atomic E-state index is 12.1. The number of esters is 2. The lowest BCUT2D eigenvalue weighted by Gasteiger charge is -2.14. The second-order valence-corrected chi connectivity index (χ2v) is 7.98. The van der Waals surface area contributed by atoms with Gasteiger partial charge in [0.05, 0.1) is 24.6 Å². The number of amides is 2. The summed E-state index contributed by atoms with van der Waals surface area (Å²) >= 11 is 0. The number of hydrogen-bond acceptors (Lipinski definition) is 6. The van der Waals surface area contributed by atoms with Crippen molar-refractivity contribution >= 4 is 29.4 Å². The van der Waals surface area contributed by atoms with Crippen LogP contribution in [-0.4, -0.2) is 37.0 Å². The second kappa shape index (κ2) is 13.0. The van der Waals surface area contributed by atoms with Crippen molar-refractivity contribution in [3.05, 3.63) is 65.7 Å². The standard InChI is InChI=1S/C25H30N2O6/c1-17(2)15-33-25(31)20-10-7-11-21(14-20)27-22(28)12-13-24(30)32-16-23(29)26-18(3)19-8-5-4-6-9-19/h4-11,14,17-18H,12-13,15-16H2,1-3H3,(H,26,29)(H,27,28)/t18-/m1/s1. The van der Waals surface area contributed by atoms with E-state index in [2.05, 4.69) is 10.6 Å². The molecule has 0 bridgehead atoms. The highest BCUT2D eigenvalue weighted by molar-refractivity contribution is 5.95. The van der Waals surface area contributed by atoms with E-state index in [9.17, 15) is 19.2 Å². The number of benzene rings is 2. The SMILES string of the molecule is CC(C)COC(=O)c1cccc(NC(=O)CCC(=O)OCC(=O)N[C@H](C)c2ccccc2)c1. The molecule has 176 valence electrons. The van der Waals surface area contributed by atoms with E-state index in [0.29, 0.717) is 17.9 Å². The van der Waals surface area contributed by atoms with Crippen molar-refractivity contribution in [2.75, 3.05) is 18.5 Å². The van der Waals surface area contributed by atoms with Crippen molar-refractivity contribution < 1.29 is 28.7 Å². The zero-order valence-electron chi connectivity index (χ0n) is 19.1. The number of nitrogens with one attached hydrogen (secondary N) is 2. The number of hydrogen-bond donors (Lipinski definition) is 2. The molecule has 0 saturated carbocycles. The predicted octanol–water partition coefficient (Wildman–Crippen LogP) is 3.64. The zero-order valence-corrected chi connectivity index (χ0v) is 19.1. The summed E-state index contributed by atoms with van der Waals surface area (Å²) in [6.07, 6.45) is -0.299. The summed E-state index contributed by atoms with van der Waals surface area (Å²) in [7, 11) is 0. The van der Waals surface area contributed by atoms with Crippen molar-refractivity contribution in [3.63, 3.8) is 0 Å². The lowest BCUT2D eigenvalue weighted by atomic mass is 10.1. The fourth-order valence-corrected chi connectivity index (χ4v) is 2.82. The zero-order chi connectivity index (χ0) is 24.2.